The van der Waals surface area contributed by atoms with E-state index in [4.69, 9.17) is 4.74 Å². The van der Waals surface area contributed by atoms with Gasteiger partial charge in [-0.05, 0) is 19.4 Å². The van der Waals surface area contributed by atoms with E-state index in [1.54, 1.807) is 13.0 Å². The van der Waals surface area contributed by atoms with Crippen molar-refractivity contribution < 1.29 is 13.9 Å². The van der Waals surface area contributed by atoms with Crippen molar-refractivity contribution in [1.29, 1.82) is 0 Å². The molecule has 1 aromatic heterocycles. The van der Waals surface area contributed by atoms with Gasteiger partial charge >= 0.3 is 5.97 Å². The number of carbonyl (C=O) groups excluding carboxylic acids is 1. The summed E-state index contributed by atoms with van der Waals surface area (Å²) >= 11 is 0. The average Bonchev–Trinajstić information content (AvgIpc) is 2.25. The van der Waals surface area contributed by atoms with E-state index in [0.29, 0.717) is 31.7 Å². The molecule has 0 aliphatic heterocycles. The molecule has 88 valence electrons. The lowest BCUT2D eigenvalue weighted by molar-refractivity contribution is -0.143. The molecule has 0 bridgehead atoms. The van der Waals surface area contributed by atoms with E-state index in [0.717, 1.165) is 0 Å². The third-order valence-corrected chi connectivity index (χ3v) is 1.92. The first-order valence-electron chi connectivity index (χ1n) is 5.23. The maximum Gasteiger partial charge on any atom is 0.305 e. The molecule has 0 saturated carbocycles. The molecule has 0 saturated heterocycles. The van der Waals surface area contributed by atoms with Crippen molar-refractivity contribution in [3.8, 4) is 0 Å². The molecule has 0 fully saturated rings. The van der Waals surface area contributed by atoms with E-state index >= 15 is 0 Å². The van der Waals surface area contributed by atoms with Gasteiger partial charge in [-0.2, -0.15) is 4.39 Å². The van der Waals surface area contributed by atoms with Crippen molar-refractivity contribution in [2.75, 3.05) is 18.5 Å². The molecule has 0 aliphatic carbocycles. The molecule has 16 heavy (non-hydrogen) atoms. The lowest BCUT2D eigenvalue weighted by atomic mass is 10.3. The topological polar surface area (TPSA) is 51.2 Å². The maximum absolute atomic E-state index is 12.7. The second kappa shape index (κ2) is 6.76. The van der Waals surface area contributed by atoms with Crippen LogP contribution in [-0.2, 0) is 9.53 Å². The van der Waals surface area contributed by atoms with Gasteiger partial charge in [-0.25, -0.2) is 4.98 Å². The number of pyridine rings is 1. The van der Waals surface area contributed by atoms with E-state index in [-0.39, 0.29) is 5.97 Å². The van der Waals surface area contributed by atoms with Crippen molar-refractivity contribution in [2.24, 2.45) is 0 Å². The summed E-state index contributed by atoms with van der Waals surface area (Å²) in [5.74, 6) is -0.722. The van der Waals surface area contributed by atoms with Crippen LogP contribution in [0.5, 0.6) is 0 Å². The summed E-state index contributed by atoms with van der Waals surface area (Å²) in [6.07, 6.45) is 2.42. The molecule has 5 heteroatoms. The van der Waals surface area contributed by atoms with Crippen molar-refractivity contribution in [2.45, 2.75) is 19.8 Å². The summed E-state index contributed by atoms with van der Waals surface area (Å²) in [5, 5.41) is 3.00. The van der Waals surface area contributed by atoms with Gasteiger partial charge < -0.3 is 10.1 Å². The predicted molar refractivity (Wildman–Crippen MR) is 58.6 cm³/mol. The van der Waals surface area contributed by atoms with Crippen LogP contribution < -0.4 is 5.32 Å². The predicted octanol–water partition coefficient (Wildman–Crippen LogP) is 1.98. The van der Waals surface area contributed by atoms with Gasteiger partial charge in [0.1, 0.15) is 0 Å². The molecule has 0 aliphatic rings. The van der Waals surface area contributed by atoms with Gasteiger partial charge in [-0.1, -0.05) is 0 Å². The van der Waals surface area contributed by atoms with Crippen LogP contribution in [-0.4, -0.2) is 24.1 Å². The molecule has 0 spiro atoms. The van der Waals surface area contributed by atoms with Crippen LogP contribution in [0.2, 0.25) is 0 Å². The number of anilines is 1. The fourth-order valence-corrected chi connectivity index (χ4v) is 1.21. The largest absolute Gasteiger partial charge is 0.466 e. The summed E-state index contributed by atoms with van der Waals surface area (Å²) in [7, 11) is 0. The number of carbonyl (C=O) groups is 1. The number of rotatable bonds is 6. The molecular weight excluding hydrogens is 211 g/mol. The second-order valence-corrected chi connectivity index (χ2v) is 3.20. The zero-order valence-corrected chi connectivity index (χ0v) is 9.20. The molecule has 1 heterocycles. The molecular formula is C11H15FN2O2. The van der Waals surface area contributed by atoms with Crippen molar-refractivity contribution in [3.05, 3.63) is 24.3 Å². The van der Waals surface area contributed by atoms with Gasteiger partial charge in [0.2, 0.25) is 5.95 Å². The van der Waals surface area contributed by atoms with Crippen LogP contribution in [0, 0.1) is 5.95 Å². The van der Waals surface area contributed by atoms with Gasteiger partial charge in [0.25, 0.3) is 0 Å². The summed E-state index contributed by atoms with van der Waals surface area (Å²) in [6.45, 7) is 2.78. The quantitative estimate of drug-likeness (QED) is 0.458. The molecule has 0 aromatic carbocycles. The number of hydrogen-bond acceptors (Lipinski definition) is 4. The van der Waals surface area contributed by atoms with Gasteiger partial charge in [-0.15, -0.1) is 0 Å². The fourth-order valence-electron chi connectivity index (χ4n) is 1.21. The van der Waals surface area contributed by atoms with Crippen LogP contribution in [0.3, 0.4) is 0 Å². The number of aromatic nitrogens is 1. The Hall–Kier alpha value is -1.65. The molecule has 1 aromatic rings. The Morgan fingerprint density at radius 2 is 2.44 bits per heavy atom. The zero-order valence-electron chi connectivity index (χ0n) is 9.20. The van der Waals surface area contributed by atoms with Crippen LogP contribution in [0.15, 0.2) is 18.3 Å². The molecule has 4 nitrogen and oxygen atoms in total. The standard InChI is InChI=1S/C11H15FN2O2/c1-2-16-11(15)4-3-6-13-9-5-7-14-10(12)8-9/h5,7-8H,2-4,6H2,1H3,(H,13,14). The summed E-state index contributed by atoms with van der Waals surface area (Å²) in [5.41, 5.74) is 0.663. The molecule has 0 atom stereocenters. The Balaban J connectivity index is 2.18. The molecule has 0 radical (unpaired) electrons. The number of nitrogens with zero attached hydrogens (tertiary/aromatic N) is 1. The number of ether oxygens (including phenoxy) is 1. The Morgan fingerprint density at radius 3 is 3.12 bits per heavy atom. The van der Waals surface area contributed by atoms with Crippen LogP contribution >= 0.6 is 0 Å². The van der Waals surface area contributed by atoms with E-state index in [2.05, 4.69) is 10.3 Å². The van der Waals surface area contributed by atoms with Gasteiger partial charge in [0.05, 0.1) is 6.61 Å². The monoisotopic (exact) mass is 226 g/mol. The summed E-state index contributed by atoms with van der Waals surface area (Å²) in [6, 6.07) is 2.98. The molecule has 1 N–H and O–H groups in total. The minimum atomic E-state index is -0.518. The van der Waals surface area contributed by atoms with Crippen molar-refractivity contribution in [3.63, 3.8) is 0 Å². The number of esters is 1. The zero-order chi connectivity index (χ0) is 11.8. The number of halogens is 1. The van der Waals surface area contributed by atoms with Crippen LogP contribution in [0.4, 0.5) is 10.1 Å². The first-order valence-corrected chi connectivity index (χ1v) is 5.23. The van der Waals surface area contributed by atoms with E-state index in [1.807, 2.05) is 0 Å². The number of hydrogen-bond donors (Lipinski definition) is 1. The summed E-state index contributed by atoms with van der Waals surface area (Å²) < 4.78 is 17.5. The lowest BCUT2D eigenvalue weighted by Gasteiger charge is -2.05. The normalized spacial score (nSPS) is 9.88. The third kappa shape index (κ3) is 4.72. The molecule has 1 rings (SSSR count). The van der Waals surface area contributed by atoms with E-state index in [1.165, 1.54) is 12.3 Å². The average molecular weight is 226 g/mol. The van der Waals surface area contributed by atoms with Gasteiger partial charge in [0.15, 0.2) is 0 Å². The van der Waals surface area contributed by atoms with Gasteiger partial charge in [0, 0.05) is 30.9 Å². The Labute approximate surface area is 93.8 Å². The second-order valence-electron chi connectivity index (χ2n) is 3.20. The minimum absolute atomic E-state index is 0.204. The number of nitrogens with one attached hydrogen (secondary N) is 1. The summed E-state index contributed by atoms with van der Waals surface area (Å²) in [4.78, 5) is 14.4. The Morgan fingerprint density at radius 1 is 1.62 bits per heavy atom. The lowest BCUT2D eigenvalue weighted by Crippen LogP contribution is -2.08. The maximum atomic E-state index is 12.7. The molecule has 0 amide bonds. The SMILES string of the molecule is CCOC(=O)CCCNc1ccnc(F)c1. The first kappa shape index (κ1) is 12.4. The van der Waals surface area contributed by atoms with Crippen molar-refractivity contribution in [1.82, 2.24) is 4.98 Å². The highest BCUT2D eigenvalue weighted by Gasteiger charge is 2.00. The fraction of sp³-hybridized carbons (Fsp3) is 0.455. The van der Waals surface area contributed by atoms with Crippen LogP contribution in [0.25, 0.3) is 0 Å². The first-order chi connectivity index (χ1) is 7.72. The Bertz CT molecular complexity index is 345. The van der Waals surface area contributed by atoms with E-state index < -0.39 is 5.95 Å². The van der Waals surface area contributed by atoms with Crippen molar-refractivity contribution >= 4 is 11.7 Å². The van der Waals surface area contributed by atoms with E-state index in [9.17, 15) is 9.18 Å². The smallest absolute Gasteiger partial charge is 0.305 e. The minimum Gasteiger partial charge on any atom is -0.466 e. The van der Waals surface area contributed by atoms with Gasteiger partial charge in [-0.3, -0.25) is 4.79 Å². The third-order valence-electron chi connectivity index (χ3n) is 1.92. The highest BCUT2D eigenvalue weighted by atomic mass is 19.1. The molecule has 0 unspecified atom stereocenters. The Kier molecular flexibility index (Phi) is 5.25. The highest BCUT2D eigenvalue weighted by molar-refractivity contribution is 5.69. The van der Waals surface area contributed by atoms with Crippen LogP contribution in [0.1, 0.15) is 19.8 Å². The highest BCUT2D eigenvalue weighted by Crippen LogP contribution is 2.06.